The zero-order chi connectivity index (χ0) is 19.8. The molecule has 3 aliphatic rings. The van der Waals surface area contributed by atoms with Crippen LogP contribution in [0.2, 0.25) is 0 Å². The van der Waals surface area contributed by atoms with Crippen LogP contribution >= 0.6 is 0 Å². The number of carbonyl (C=O) groups excluding carboxylic acids is 3. The molecule has 3 heterocycles. The summed E-state index contributed by atoms with van der Waals surface area (Å²) >= 11 is 0. The predicted octanol–water partition coefficient (Wildman–Crippen LogP) is 1.01. The van der Waals surface area contributed by atoms with Gasteiger partial charge in [0.1, 0.15) is 6.04 Å². The minimum Gasteiger partial charge on any atom is -0.330 e. The number of nitrogens with two attached hydrogens (primary N) is 1. The summed E-state index contributed by atoms with van der Waals surface area (Å²) in [5.41, 5.74) is 8.66. The second kappa shape index (κ2) is 7.64. The van der Waals surface area contributed by atoms with Crippen molar-refractivity contribution in [3.8, 4) is 0 Å². The van der Waals surface area contributed by atoms with Crippen LogP contribution in [-0.4, -0.2) is 52.7 Å². The fraction of sp³-hybridized carbons (Fsp3) is 0.571. The van der Waals surface area contributed by atoms with E-state index in [0.717, 1.165) is 38.0 Å². The van der Waals surface area contributed by atoms with Gasteiger partial charge in [0.25, 0.3) is 5.91 Å². The highest BCUT2D eigenvalue weighted by Gasteiger charge is 2.39. The van der Waals surface area contributed by atoms with Gasteiger partial charge in [0.05, 0.1) is 0 Å². The third-order valence-electron chi connectivity index (χ3n) is 6.43. The van der Waals surface area contributed by atoms with Crippen LogP contribution in [0.1, 0.15) is 54.1 Å². The molecule has 7 nitrogen and oxygen atoms in total. The third kappa shape index (κ3) is 3.56. The molecule has 3 amide bonds. The highest BCUT2D eigenvalue weighted by Crippen LogP contribution is 2.29. The van der Waals surface area contributed by atoms with Crippen molar-refractivity contribution >= 4 is 17.7 Å². The first kappa shape index (κ1) is 19.1. The molecule has 3 unspecified atom stereocenters. The van der Waals surface area contributed by atoms with E-state index in [0.29, 0.717) is 30.5 Å². The van der Waals surface area contributed by atoms with Gasteiger partial charge in [-0.25, -0.2) is 0 Å². The zero-order valence-corrected chi connectivity index (χ0v) is 16.3. The first-order valence-corrected chi connectivity index (χ1v) is 10.2. The average Bonchev–Trinajstić information content (AvgIpc) is 2.99. The number of fused-ring (bicyclic) bond motifs is 1. The van der Waals surface area contributed by atoms with Gasteiger partial charge in [0.2, 0.25) is 11.8 Å². The number of rotatable bonds is 4. The van der Waals surface area contributed by atoms with Gasteiger partial charge in [0, 0.05) is 31.1 Å². The van der Waals surface area contributed by atoms with Crippen LogP contribution in [0.3, 0.4) is 0 Å². The lowest BCUT2D eigenvalue weighted by molar-refractivity contribution is -0.136. The quantitative estimate of drug-likeness (QED) is 0.756. The topological polar surface area (TPSA) is 95.7 Å². The fourth-order valence-corrected chi connectivity index (χ4v) is 4.73. The van der Waals surface area contributed by atoms with Gasteiger partial charge in [-0.05, 0) is 62.4 Å². The number of carbonyl (C=O) groups is 3. The number of benzene rings is 1. The summed E-state index contributed by atoms with van der Waals surface area (Å²) in [4.78, 5) is 40.4. The Kier molecular flexibility index (Phi) is 5.21. The first-order valence-electron chi connectivity index (χ1n) is 10.2. The second-order valence-corrected chi connectivity index (χ2v) is 8.34. The standard InChI is InChI=1S/C21H28N4O3/c1-13-8-14(10-22)6-7-24(13)11-15-2-3-17-16(9-15)12-25(21(17)28)18-4-5-19(26)23-20(18)27/h2-3,9,13-14,18H,4-8,10-12,22H2,1H3,(H,23,26,27). The lowest BCUT2D eigenvalue weighted by atomic mass is 9.91. The first-order chi connectivity index (χ1) is 13.5. The lowest BCUT2D eigenvalue weighted by Crippen LogP contribution is -2.52. The summed E-state index contributed by atoms with van der Waals surface area (Å²) in [6, 6.07) is 5.94. The maximum Gasteiger partial charge on any atom is 0.255 e. The normalized spacial score (nSPS) is 28.4. The molecule has 0 spiro atoms. The van der Waals surface area contributed by atoms with Crippen LogP contribution < -0.4 is 11.1 Å². The zero-order valence-electron chi connectivity index (χ0n) is 16.3. The molecule has 3 N–H and O–H groups in total. The van der Waals surface area contributed by atoms with E-state index in [1.54, 1.807) is 4.90 Å². The second-order valence-electron chi connectivity index (χ2n) is 8.34. The monoisotopic (exact) mass is 384 g/mol. The number of likely N-dealkylation sites (tertiary alicyclic amines) is 1. The van der Waals surface area contributed by atoms with Gasteiger partial charge in [-0.3, -0.25) is 24.6 Å². The van der Waals surface area contributed by atoms with E-state index in [4.69, 9.17) is 5.73 Å². The molecular formula is C21H28N4O3. The van der Waals surface area contributed by atoms with Crippen molar-refractivity contribution in [3.05, 3.63) is 34.9 Å². The molecule has 0 aliphatic carbocycles. The summed E-state index contributed by atoms with van der Waals surface area (Å²) < 4.78 is 0. The van der Waals surface area contributed by atoms with Gasteiger partial charge >= 0.3 is 0 Å². The summed E-state index contributed by atoms with van der Waals surface area (Å²) in [7, 11) is 0. The van der Waals surface area contributed by atoms with Gasteiger partial charge < -0.3 is 10.6 Å². The van der Waals surface area contributed by atoms with Crippen LogP contribution in [0.5, 0.6) is 0 Å². The average molecular weight is 384 g/mol. The predicted molar refractivity (Wildman–Crippen MR) is 104 cm³/mol. The molecule has 28 heavy (non-hydrogen) atoms. The number of piperidine rings is 2. The number of amides is 3. The molecule has 1 aromatic rings. The minimum absolute atomic E-state index is 0.117. The van der Waals surface area contributed by atoms with Crippen molar-refractivity contribution in [3.63, 3.8) is 0 Å². The van der Waals surface area contributed by atoms with E-state index in [9.17, 15) is 14.4 Å². The molecule has 2 fully saturated rings. The van der Waals surface area contributed by atoms with Crippen molar-refractivity contribution in [2.45, 2.75) is 57.8 Å². The minimum atomic E-state index is -0.559. The molecule has 0 saturated carbocycles. The van der Waals surface area contributed by atoms with E-state index in [1.807, 2.05) is 12.1 Å². The van der Waals surface area contributed by atoms with Gasteiger partial charge in [0.15, 0.2) is 0 Å². The number of nitrogens with zero attached hydrogens (tertiary/aromatic N) is 2. The Balaban J connectivity index is 1.45. The Morgan fingerprint density at radius 1 is 1.21 bits per heavy atom. The van der Waals surface area contributed by atoms with Crippen molar-refractivity contribution in [1.29, 1.82) is 0 Å². The van der Waals surface area contributed by atoms with Gasteiger partial charge in [-0.2, -0.15) is 0 Å². The van der Waals surface area contributed by atoms with Crippen molar-refractivity contribution < 1.29 is 14.4 Å². The highest BCUT2D eigenvalue weighted by atomic mass is 16.2. The molecule has 1 aromatic carbocycles. The highest BCUT2D eigenvalue weighted by molar-refractivity contribution is 6.05. The molecule has 0 aromatic heterocycles. The number of nitrogens with one attached hydrogen (secondary N) is 1. The Morgan fingerprint density at radius 2 is 2.04 bits per heavy atom. The molecule has 7 heteroatoms. The smallest absolute Gasteiger partial charge is 0.255 e. The van der Waals surface area contributed by atoms with E-state index in [2.05, 4.69) is 23.2 Å². The van der Waals surface area contributed by atoms with Crippen LogP contribution in [0.25, 0.3) is 0 Å². The van der Waals surface area contributed by atoms with Gasteiger partial charge in [-0.15, -0.1) is 0 Å². The molecule has 150 valence electrons. The molecule has 3 aliphatic heterocycles. The Labute approximate surface area is 165 Å². The van der Waals surface area contributed by atoms with E-state index < -0.39 is 6.04 Å². The largest absolute Gasteiger partial charge is 0.330 e. The molecular weight excluding hydrogens is 356 g/mol. The third-order valence-corrected chi connectivity index (χ3v) is 6.43. The summed E-state index contributed by atoms with van der Waals surface area (Å²) in [6.07, 6.45) is 2.93. The van der Waals surface area contributed by atoms with Crippen molar-refractivity contribution in [1.82, 2.24) is 15.1 Å². The summed E-state index contributed by atoms with van der Waals surface area (Å²) in [6.45, 7) is 5.34. The van der Waals surface area contributed by atoms with E-state index in [1.165, 1.54) is 5.56 Å². The molecule has 4 rings (SSSR count). The molecule has 3 atom stereocenters. The maximum atomic E-state index is 12.8. The lowest BCUT2D eigenvalue weighted by Gasteiger charge is -2.37. The SMILES string of the molecule is CC1CC(CN)CCN1Cc1ccc2c(c1)CN(C1CCC(=O)NC1=O)C2=O. The Hall–Kier alpha value is -2.25. The van der Waals surface area contributed by atoms with Crippen LogP contribution in [0, 0.1) is 5.92 Å². The number of hydrogen-bond donors (Lipinski definition) is 2. The summed E-state index contributed by atoms with van der Waals surface area (Å²) in [5.74, 6) is -0.131. The fourth-order valence-electron chi connectivity index (χ4n) is 4.73. The van der Waals surface area contributed by atoms with Gasteiger partial charge in [-0.1, -0.05) is 12.1 Å². The Bertz CT molecular complexity index is 809. The number of imide groups is 1. The van der Waals surface area contributed by atoms with Crippen molar-refractivity contribution in [2.24, 2.45) is 11.7 Å². The number of hydrogen-bond acceptors (Lipinski definition) is 5. The van der Waals surface area contributed by atoms with Crippen LogP contribution in [-0.2, 0) is 22.7 Å². The maximum absolute atomic E-state index is 12.8. The van der Waals surface area contributed by atoms with Crippen LogP contribution in [0.15, 0.2) is 18.2 Å². The molecule has 0 bridgehead atoms. The van der Waals surface area contributed by atoms with E-state index in [-0.39, 0.29) is 24.1 Å². The van der Waals surface area contributed by atoms with Crippen LogP contribution in [0.4, 0.5) is 0 Å². The van der Waals surface area contributed by atoms with Crippen molar-refractivity contribution in [2.75, 3.05) is 13.1 Å². The molecule has 2 saturated heterocycles. The van der Waals surface area contributed by atoms with E-state index >= 15 is 0 Å². The Morgan fingerprint density at radius 3 is 2.75 bits per heavy atom. The molecule has 0 radical (unpaired) electrons. The summed E-state index contributed by atoms with van der Waals surface area (Å²) in [5, 5.41) is 2.34.